The largest absolute Gasteiger partial charge is 0.484 e. The van der Waals surface area contributed by atoms with Gasteiger partial charge >= 0.3 is 0 Å². The number of halogens is 2. The second-order valence-electron chi connectivity index (χ2n) is 9.50. The van der Waals surface area contributed by atoms with E-state index < -0.39 is 6.04 Å². The first kappa shape index (κ1) is 27.3. The Labute approximate surface area is 219 Å². The topological polar surface area (TPSA) is 58.6 Å². The molecular formula is C28H36Cl2N2O3. The fourth-order valence-corrected chi connectivity index (χ4v) is 5.01. The molecule has 0 aliphatic heterocycles. The van der Waals surface area contributed by atoms with Crippen molar-refractivity contribution in [1.29, 1.82) is 0 Å². The SMILES string of the molecule is CC[C@@H](C(=O)NC1CCCCC1)N(Cc1c(Cl)cccc1Cl)C(=O)COc1ccc(C(C)C)cc1. The molecule has 190 valence electrons. The van der Waals surface area contributed by atoms with Crippen molar-refractivity contribution >= 4 is 35.0 Å². The maximum absolute atomic E-state index is 13.5. The van der Waals surface area contributed by atoms with Crippen molar-refractivity contribution in [2.24, 2.45) is 0 Å². The van der Waals surface area contributed by atoms with E-state index in [4.69, 9.17) is 27.9 Å². The van der Waals surface area contributed by atoms with E-state index in [0.29, 0.717) is 33.7 Å². The quantitative estimate of drug-likeness (QED) is 0.378. The molecule has 0 heterocycles. The van der Waals surface area contributed by atoms with Crippen molar-refractivity contribution in [2.45, 2.75) is 83.8 Å². The van der Waals surface area contributed by atoms with E-state index in [-0.39, 0.29) is 31.0 Å². The first-order valence-electron chi connectivity index (χ1n) is 12.6. The molecule has 0 saturated heterocycles. The van der Waals surface area contributed by atoms with E-state index in [2.05, 4.69) is 19.2 Å². The normalized spacial score (nSPS) is 15.0. The number of carbonyl (C=O) groups excluding carboxylic acids is 2. The average molecular weight is 520 g/mol. The van der Waals surface area contributed by atoms with Gasteiger partial charge < -0.3 is 15.0 Å². The molecule has 0 unspecified atom stereocenters. The third-order valence-corrected chi connectivity index (χ3v) is 7.34. The Kier molecular flexibility index (Phi) is 10.3. The van der Waals surface area contributed by atoms with Crippen molar-refractivity contribution in [1.82, 2.24) is 10.2 Å². The van der Waals surface area contributed by atoms with Crippen LogP contribution >= 0.6 is 23.2 Å². The van der Waals surface area contributed by atoms with E-state index in [0.717, 1.165) is 25.7 Å². The molecule has 0 bridgehead atoms. The van der Waals surface area contributed by atoms with Crippen LogP contribution in [0.15, 0.2) is 42.5 Å². The van der Waals surface area contributed by atoms with Gasteiger partial charge in [-0.05, 0) is 55.0 Å². The number of nitrogens with zero attached hydrogens (tertiary/aromatic N) is 1. The number of hydrogen-bond donors (Lipinski definition) is 1. The lowest BCUT2D eigenvalue weighted by Gasteiger charge is -2.33. The average Bonchev–Trinajstić information content (AvgIpc) is 2.85. The van der Waals surface area contributed by atoms with Crippen molar-refractivity contribution in [3.63, 3.8) is 0 Å². The number of amides is 2. The Hall–Kier alpha value is -2.24. The lowest BCUT2D eigenvalue weighted by Crippen LogP contribution is -2.52. The Balaban J connectivity index is 1.78. The molecular weight excluding hydrogens is 483 g/mol. The summed E-state index contributed by atoms with van der Waals surface area (Å²) in [6.07, 6.45) is 5.85. The van der Waals surface area contributed by atoms with Gasteiger partial charge in [-0.1, -0.05) is 81.4 Å². The molecule has 0 radical (unpaired) electrons. The van der Waals surface area contributed by atoms with Crippen LogP contribution in [-0.4, -0.2) is 35.4 Å². The number of rotatable bonds is 10. The van der Waals surface area contributed by atoms with Crippen molar-refractivity contribution in [3.8, 4) is 5.75 Å². The lowest BCUT2D eigenvalue weighted by atomic mass is 9.95. The highest BCUT2D eigenvalue weighted by molar-refractivity contribution is 6.36. The first-order chi connectivity index (χ1) is 16.8. The summed E-state index contributed by atoms with van der Waals surface area (Å²) in [6.45, 7) is 6.10. The maximum atomic E-state index is 13.5. The minimum absolute atomic E-state index is 0.129. The molecule has 2 aromatic carbocycles. The van der Waals surface area contributed by atoms with Crippen LogP contribution in [0.1, 0.15) is 76.3 Å². The molecule has 1 aliphatic rings. The van der Waals surface area contributed by atoms with Crippen molar-refractivity contribution < 1.29 is 14.3 Å². The van der Waals surface area contributed by atoms with Gasteiger partial charge in [-0.15, -0.1) is 0 Å². The van der Waals surface area contributed by atoms with Crippen LogP contribution in [0.3, 0.4) is 0 Å². The van der Waals surface area contributed by atoms with Gasteiger partial charge in [-0.25, -0.2) is 0 Å². The molecule has 2 amide bonds. The Morgan fingerprint density at radius 2 is 1.66 bits per heavy atom. The van der Waals surface area contributed by atoms with E-state index in [9.17, 15) is 9.59 Å². The highest BCUT2D eigenvalue weighted by Gasteiger charge is 2.31. The van der Waals surface area contributed by atoms with Crippen molar-refractivity contribution in [3.05, 3.63) is 63.6 Å². The van der Waals surface area contributed by atoms with Crippen LogP contribution in [0.5, 0.6) is 5.75 Å². The predicted octanol–water partition coefficient (Wildman–Crippen LogP) is 6.75. The van der Waals surface area contributed by atoms with Gasteiger partial charge in [0.05, 0.1) is 0 Å². The van der Waals surface area contributed by atoms with Crippen LogP contribution in [0.4, 0.5) is 0 Å². The summed E-state index contributed by atoms with van der Waals surface area (Å²) in [5, 5.41) is 4.09. The molecule has 1 saturated carbocycles. The van der Waals surface area contributed by atoms with E-state index in [1.54, 1.807) is 23.1 Å². The summed E-state index contributed by atoms with van der Waals surface area (Å²) >= 11 is 12.8. The second-order valence-corrected chi connectivity index (χ2v) is 10.3. The Morgan fingerprint density at radius 1 is 1.03 bits per heavy atom. The molecule has 1 aliphatic carbocycles. The smallest absolute Gasteiger partial charge is 0.261 e. The molecule has 2 aromatic rings. The molecule has 7 heteroatoms. The predicted molar refractivity (Wildman–Crippen MR) is 142 cm³/mol. The second kappa shape index (κ2) is 13.2. The number of carbonyl (C=O) groups is 2. The van der Waals surface area contributed by atoms with Gasteiger partial charge in [-0.2, -0.15) is 0 Å². The molecule has 1 atom stereocenters. The Morgan fingerprint density at radius 3 is 2.23 bits per heavy atom. The third kappa shape index (κ3) is 7.62. The standard InChI is InChI=1S/C28H36Cl2N2O3/c1-4-26(28(34)31-21-9-6-5-7-10-21)32(17-23-24(29)11-8-12-25(23)30)27(33)18-35-22-15-13-20(14-16-22)19(2)3/h8,11-16,19,21,26H,4-7,9-10,17-18H2,1-3H3,(H,31,34)/t26-/m0/s1. The van der Waals surface area contributed by atoms with Crippen molar-refractivity contribution in [2.75, 3.05) is 6.61 Å². The van der Waals surface area contributed by atoms with E-state index in [1.165, 1.54) is 12.0 Å². The molecule has 35 heavy (non-hydrogen) atoms. The monoisotopic (exact) mass is 518 g/mol. The van der Waals surface area contributed by atoms with Crippen LogP contribution in [0.2, 0.25) is 10.0 Å². The highest BCUT2D eigenvalue weighted by Crippen LogP contribution is 2.27. The summed E-state index contributed by atoms with van der Waals surface area (Å²) in [7, 11) is 0. The third-order valence-electron chi connectivity index (χ3n) is 6.64. The minimum atomic E-state index is -0.649. The van der Waals surface area contributed by atoms with Gasteiger partial charge in [0.15, 0.2) is 6.61 Å². The zero-order valence-corrected chi connectivity index (χ0v) is 22.4. The highest BCUT2D eigenvalue weighted by atomic mass is 35.5. The van der Waals surface area contributed by atoms with Gasteiger partial charge in [0.1, 0.15) is 11.8 Å². The van der Waals surface area contributed by atoms with Crippen LogP contribution < -0.4 is 10.1 Å². The van der Waals surface area contributed by atoms with Gasteiger partial charge in [-0.3, -0.25) is 9.59 Å². The summed E-state index contributed by atoms with van der Waals surface area (Å²) in [5.41, 5.74) is 1.82. The molecule has 0 aromatic heterocycles. The van der Waals surface area contributed by atoms with Gasteiger partial charge in [0, 0.05) is 28.2 Å². The zero-order valence-electron chi connectivity index (χ0n) is 20.9. The molecule has 5 nitrogen and oxygen atoms in total. The number of benzene rings is 2. The van der Waals surface area contributed by atoms with Crippen LogP contribution in [0.25, 0.3) is 0 Å². The lowest BCUT2D eigenvalue weighted by molar-refractivity contribution is -0.143. The molecule has 1 N–H and O–H groups in total. The fourth-order valence-electron chi connectivity index (χ4n) is 4.49. The van der Waals surface area contributed by atoms with E-state index >= 15 is 0 Å². The molecule has 0 spiro atoms. The Bertz CT molecular complexity index is 968. The van der Waals surface area contributed by atoms with Gasteiger partial charge in [0.2, 0.25) is 5.91 Å². The van der Waals surface area contributed by atoms with Gasteiger partial charge in [0.25, 0.3) is 5.91 Å². The summed E-state index contributed by atoms with van der Waals surface area (Å²) in [6, 6.07) is 12.5. The van der Waals surface area contributed by atoms with E-state index in [1.807, 2.05) is 31.2 Å². The zero-order chi connectivity index (χ0) is 25.4. The van der Waals surface area contributed by atoms with Crippen LogP contribution in [-0.2, 0) is 16.1 Å². The maximum Gasteiger partial charge on any atom is 0.261 e. The number of ether oxygens (including phenoxy) is 1. The summed E-state index contributed by atoms with van der Waals surface area (Å²) < 4.78 is 5.82. The summed E-state index contributed by atoms with van der Waals surface area (Å²) in [5.74, 6) is 0.587. The molecule has 1 fully saturated rings. The first-order valence-corrected chi connectivity index (χ1v) is 13.3. The summed E-state index contributed by atoms with van der Waals surface area (Å²) in [4.78, 5) is 28.3. The molecule has 3 rings (SSSR count). The van der Waals surface area contributed by atoms with Crippen LogP contribution in [0, 0.1) is 0 Å². The fraction of sp³-hybridized carbons (Fsp3) is 0.500. The number of nitrogens with one attached hydrogen (secondary N) is 1. The number of hydrogen-bond acceptors (Lipinski definition) is 3. The minimum Gasteiger partial charge on any atom is -0.484 e.